The van der Waals surface area contributed by atoms with E-state index in [1.54, 1.807) is 0 Å². The molecule has 6 nitrogen and oxygen atoms in total. The second-order valence-electron chi connectivity index (χ2n) is 12.2. The summed E-state index contributed by atoms with van der Waals surface area (Å²) in [6.45, 7) is 12.0. The largest absolute Gasteiger partial charge is 0.332 e. The monoisotopic (exact) mass is 453 g/mol. The molecule has 2 atom stereocenters. The van der Waals surface area contributed by atoms with Gasteiger partial charge in [-0.05, 0) is 76.8 Å². The first kappa shape index (κ1) is 23.2. The fourth-order valence-corrected chi connectivity index (χ4v) is 7.03. The average Bonchev–Trinajstić information content (AvgIpc) is 2.99. The molecule has 1 spiro atoms. The Morgan fingerprint density at radius 2 is 1.67 bits per heavy atom. The number of aromatic nitrogens is 2. The Labute approximate surface area is 200 Å². The molecule has 2 aliphatic heterocycles. The van der Waals surface area contributed by atoms with Crippen LogP contribution in [0.5, 0.6) is 0 Å². The summed E-state index contributed by atoms with van der Waals surface area (Å²) in [5, 5.41) is 0. The van der Waals surface area contributed by atoms with Gasteiger partial charge in [-0.2, -0.15) is 0 Å². The molecule has 0 amide bonds. The molecule has 4 fully saturated rings. The fraction of sp³-hybridized carbons (Fsp3) is 0.815. The maximum atomic E-state index is 12.2. The smallest absolute Gasteiger partial charge is 0.225 e. The predicted octanol–water partition coefficient (Wildman–Crippen LogP) is 3.80. The van der Waals surface area contributed by atoms with E-state index in [0.29, 0.717) is 41.3 Å². The van der Waals surface area contributed by atoms with Crippen LogP contribution in [0.1, 0.15) is 71.8 Å². The number of ketones is 1. The van der Waals surface area contributed by atoms with Gasteiger partial charge in [-0.1, -0.05) is 13.8 Å². The fourth-order valence-electron chi connectivity index (χ4n) is 7.03. The quantitative estimate of drug-likeness (QED) is 0.597. The molecule has 0 aromatic carbocycles. The Morgan fingerprint density at radius 1 is 1.06 bits per heavy atom. The number of carbonyl (C=O) groups is 1. The van der Waals surface area contributed by atoms with Gasteiger partial charge in [0.2, 0.25) is 5.95 Å². The highest BCUT2D eigenvalue weighted by Gasteiger charge is 2.55. The number of likely N-dealkylation sites (N-methyl/N-ethyl adjacent to an activating group) is 1. The van der Waals surface area contributed by atoms with Crippen molar-refractivity contribution in [2.24, 2.45) is 17.3 Å². The third-order valence-electron chi connectivity index (χ3n) is 9.21. The van der Waals surface area contributed by atoms with Gasteiger partial charge in [0.1, 0.15) is 5.78 Å². The number of hydrogen-bond donors (Lipinski definition) is 0. The summed E-state index contributed by atoms with van der Waals surface area (Å²) in [5.41, 5.74) is 1.72. The molecular formula is C27H43N5O. The molecule has 4 aliphatic rings. The Kier molecular flexibility index (Phi) is 6.28. The maximum absolute atomic E-state index is 12.2. The van der Waals surface area contributed by atoms with Crippen molar-refractivity contribution < 1.29 is 4.79 Å². The number of Topliss-reactive ketones (excluding diaryl/α,β-unsaturated/α-hetero) is 1. The van der Waals surface area contributed by atoms with E-state index in [1.165, 1.54) is 31.2 Å². The van der Waals surface area contributed by atoms with Crippen molar-refractivity contribution in [2.45, 2.75) is 96.8 Å². The SMILES string of the molecule is CC(C)C(=O)C1CC2(C1)CC(N(C)CCc1cnc(N3C4CCC3CN(C(C)C)C4)nc1)C2. The van der Waals surface area contributed by atoms with E-state index >= 15 is 0 Å². The highest BCUT2D eigenvalue weighted by atomic mass is 16.1. The van der Waals surface area contributed by atoms with E-state index in [1.807, 2.05) is 13.8 Å². The minimum Gasteiger partial charge on any atom is -0.332 e. The number of hydrogen-bond acceptors (Lipinski definition) is 6. The summed E-state index contributed by atoms with van der Waals surface area (Å²) in [6.07, 6.45) is 12.5. The van der Waals surface area contributed by atoms with Crippen molar-refractivity contribution in [3.63, 3.8) is 0 Å². The zero-order chi connectivity index (χ0) is 23.3. The molecule has 2 saturated carbocycles. The molecule has 1 aromatic heterocycles. The normalized spacial score (nSPS) is 33.8. The number of likely N-dealkylation sites (tertiary alicyclic amines) is 1. The van der Waals surface area contributed by atoms with Crippen LogP contribution in [0.3, 0.4) is 0 Å². The summed E-state index contributed by atoms with van der Waals surface area (Å²) >= 11 is 0. The van der Waals surface area contributed by atoms with Crippen LogP contribution in [-0.2, 0) is 11.2 Å². The maximum Gasteiger partial charge on any atom is 0.225 e. The Morgan fingerprint density at radius 3 is 2.21 bits per heavy atom. The standard InChI is InChI=1S/C27H43N5O/c1-18(2)25(33)21-10-27(11-21)12-24(13-27)30(5)9-8-20-14-28-26(29-15-20)32-22-6-7-23(32)17-31(16-22)19(3)4/h14-15,18-19,21-24H,6-13,16-17H2,1-5H3. The van der Waals surface area contributed by atoms with Crippen LogP contribution in [0.25, 0.3) is 0 Å². The molecule has 2 bridgehead atoms. The van der Waals surface area contributed by atoms with E-state index < -0.39 is 0 Å². The van der Waals surface area contributed by atoms with Gasteiger partial charge in [-0.3, -0.25) is 9.69 Å². The number of carbonyl (C=O) groups excluding carboxylic acids is 1. The van der Waals surface area contributed by atoms with Gasteiger partial charge in [-0.15, -0.1) is 0 Å². The van der Waals surface area contributed by atoms with Crippen LogP contribution in [-0.4, -0.2) is 76.4 Å². The van der Waals surface area contributed by atoms with Crippen molar-refractivity contribution in [3.05, 3.63) is 18.0 Å². The lowest BCUT2D eigenvalue weighted by Crippen LogP contribution is -2.57. The molecular weight excluding hydrogens is 410 g/mol. The van der Waals surface area contributed by atoms with Crippen molar-refractivity contribution in [1.82, 2.24) is 19.8 Å². The minimum absolute atomic E-state index is 0.194. The molecule has 2 unspecified atom stereocenters. The molecule has 2 aliphatic carbocycles. The van der Waals surface area contributed by atoms with Gasteiger partial charge >= 0.3 is 0 Å². The van der Waals surface area contributed by atoms with Crippen LogP contribution >= 0.6 is 0 Å². The summed E-state index contributed by atoms with van der Waals surface area (Å²) in [5.74, 6) is 1.95. The highest BCUT2D eigenvalue weighted by Crippen LogP contribution is 2.60. The predicted molar refractivity (Wildman–Crippen MR) is 132 cm³/mol. The summed E-state index contributed by atoms with van der Waals surface area (Å²) < 4.78 is 0. The highest BCUT2D eigenvalue weighted by molar-refractivity contribution is 5.83. The number of anilines is 1. The zero-order valence-electron chi connectivity index (χ0n) is 21.3. The zero-order valence-corrected chi connectivity index (χ0v) is 21.3. The molecule has 6 heteroatoms. The molecule has 1 aromatic rings. The summed E-state index contributed by atoms with van der Waals surface area (Å²) in [4.78, 5) is 29.4. The number of nitrogens with zero attached hydrogens (tertiary/aromatic N) is 5. The van der Waals surface area contributed by atoms with E-state index in [-0.39, 0.29) is 5.92 Å². The number of rotatable bonds is 8. The van der Waals surface area contributed by atoms with Gasteiger partial charge in [0, 0.05) is 68.0 Å². The van der Waals surface area contributed by atoms with Crippen molar-refractivity contribution in [3.8, 4) is 0 Å². The van der Waals surface area contributed by atoms with Crippen LogP contribution in [0.4, 0.5) is 5.95 Å². The van der Waals surface area contributed by atoms with Crippen molar-refractivity contribution in [2.75, 3.05) is 31.6 Å². The lowest BCUT2D eigenvalue weighted by atomic mass is 9.48. The average molecular weight is 454 g/mol. The van der Waals surface area contributed by atoms with Gasteiger partial charge in [-0.25, -0.2) is 9.97 Å². The molecule has 182 valence electrons. The van der Waals surface area contributed by atoms with Gasteiger partial charge in [0.25, 0.3) is 0 Å². The van der Waals surface area contributed by atoms with Crippen LogP contribution < -0.4 is 4.90 Å². The van der Waals surface area contributed by atoms with E-state index in [0.717, 1.165) is 44.8 Å². The second kappa shape index (κ2) is 8.92. The van der Waals surface area contributed by atoms with Gasteiger partial charge in [0.15, 0.2) is 0 Å². The minimum atomic E-state index is 0.194. The van der Waals surface area contributed by atoms with Crippen molar-refractivity contribution >= 4 is 11.7 Å². The first-order valence-corrected chi connectivity index (χ1v) is 13.3. The summed E-state index contributed by atoms with van der Waals surface area (Å²) in [7, 11) is 2.26. The number of fused-ring (bicyclic) bond motifs is 2. The topological polar surface area (TPSA) is 52.6 Å². The molecule has 3 heterocycles. The molecule has 5 rings (SSSR count). The molecule has 2 saturated heterocycles. The van der Waals surface area contributed by atoms with Crippen LogP contribution in [0.2, 0.25) is 0 Å². The third kappa shape index (κ3) is 4.45. The molecule has 0 N–H and O–H groups in total. The summed E-state index contributed by atoms with van der Waals surface area (Å²) in [6, 6.07) is 2.43. The lowest BCUT2D eigenvalue weighted by Gasteiger charge is -2.59. The van der Waals surface area contributed by atoms with E-state index in [9.17, 15) is 4.79 Å². The van der Waals surface area contributed by atoms with Crippen molar-refractivity contribution in [1.29, 1.82) is 0 Å². The van der Waals surface area contributed by atoms with E-state index in [4.69, 9.17) is 9.97 Å². The van der Waals surface area contributed by atoms with Crippen LogP contribution in [0, 0.1) is 17.3 Å². The van der Waals surface area contributed by atoms with Crippen LogP contribution in [0.15, 0.2) is 12.4 Å². The first-order chi connectivity index (χ1) is 15.7. The third-order valence-corrected chi connectivity index (χ3v) is 9.21. The van der Waals surface area contributed by atoms with E-state index in [2.05, 4.69) is 48.0 Å². The Balaban J connectivity index is 1.08. The molecule has 0 radical (unpaired) electrons. The van der Waals surface area contributed by atoms with Gasteiger partial charge < -0.3 is 9.80 Å². The Bertz CT molecular complexity index is 825. The lowest BCUT2D eigenvalue weighted by molar-refractivity contribution is -0.143. The first-order valence-electron chi connectivity index (χ1n) is 13.3. The van der Waals surface area contributed by atoms with Gasteiger partial charge in [0.05, 0.1) is 0 Å². The Hall–Kier alpha value is -1.53. The number of piperazine rings is 1. The second-order valence-corrected chi connectivity index (χ2v) is 12.2. The molecule has 33 heavy (non-hydrogen) atoms.